The maximum atomic E-state index is 12.7. The van der Waals surface area contributed by atoms with Crippen LogP contribution in [0.2, 0.25) is 0 Å². The molecular weight excluding hydrogens is 336 g/mol. The first kappa shape index (κ1) is 19.2. The summed E-state index contributed by atoms with van der Waals surface area (Å²) in [4.78, 5) is 28.9. The lowest BCUT2D eigenvalue weighted by Gasteiger charge is -2.35. The second-order valence-electron chi connectivity index (χ2n) is 7.44. The third-order valence-electron chi connectivity index (χ3n) is 5.21. The van der Waals surface area contributed by atoms with Crippen LogP contribution in [0.4, 0.5) is 0 Å². The molecular formula is C23H28N2O2. The van der Waals surface area contributed by atoms with Crippen molar-refractivity contribution in [2.45, 2.75) is 32.6 Å². The van der Waals surface area contributed by atoms with Gasteiger partial charge in [-0.2, -0.15) is 0 Å². The number of rotatable bonds is 5. The van der Waals surface area contributed by atoms with Gasteiger partial charge in [0.2, 0.25) is 5.91 Å². The number of benzene rings is 2. The Balaban J connectivity index is 1.49. The molecule has 142 valence electrons. The second kappa shape index (κ2) is 8.85. The van der Waals surface area contributed by atoms with Crippen molar-refractivity contribution in [2.24, 2.45) is 0 Å². The van der Waals surface area contributed by atoms with E-state index < -0.39 is 0 Å². The van der Waals surface area contributed by atoms with Crippen LogP contribution in [-0.2, 0) is 11.2 Å². The van der Waals surface area contributed by atoms with Crippen molar-refractivity contribution >= 4 is 11.8 Å². The van der Waals surface area contributed by atoms with Crippen LogP contribution < -0.4 is 0 Å². The highest BCUT2D eigenvalue weighted by molar-refractivity contribution is 5.94. The second-order valence-corrected chi connectivity index (χ2v) is 7.44. The number of amides is 2. The van der Waals surface area contributed by atoms with E-state index in [0.29, 0.717) is 38.5 Å². The van der Waals surface area contributed by atoms with E-state index in [4.69, 9.17) is 0 Å². The summed E-state index contributed by atoms with van der Waals surface area (Å²) in [5, 5.41) is 0. The number of carbonyl (C=O) groups excluding carboxylic acids is 2. The molecule has 1 saturated heterocycles. The first-order chi connectivity index (χ1) is 13.0. The van der Waals surface area contributed by atoms with Gasteiger partial charge in [-0.15, -0.1) is 0 Å². The average molecular weight is 364 g/mol. The van der Waals surface area contributed by atoms with Crippen molar-refractivity contribution in [3.05, 3.63) is 71.3 Å². The van der Waals surface area contributed by atoms with Gasteiger partial charge in [-0.05, 0) is 35.6 Å². The molecule has 4 heteroatoms. The molecule has 0 radical (unpaired) electrons. The highest BCUT2D eigenvalue weighted by Crippen LogP contribution is 2.16. The molecule has 27 heavy (non-hydrogen) atoms. The molecule has 2 aromatic rings. The van der Waals surface area contributed by atoms with Crippen molar-refractivity contribution < 1.29 is 9.59 Å². The maximum absolute atomic E-state index is 12.7. The molecule has 0 saturated carbocycles. The van der Waals surface area contributed by atoms with Crippen molar-refractivity contribution in [2.75, 3.05) is 26.2 Å². The fraction of sp³-hybridized carbons (Fsp3) is 0.391. The minimum Gasteiger partial charge on any atom is -0.339 e. The van der Waals surface area contributed by atoms with E-state index in [0.717, 1.165) is 12.0 Å². The number of hydrogen-bond acceptors (Lipinski definition) is 2. The van der Waals surface area contributed by atoms with E-state index in [1.54, 1.807) is 0 Å². The van der Waals surface area contributed by atoms with E-state index >= 15 is 0 Å². The van der Waals surface area contributed by atoms with Gasteiger partial charge in [0.15, 0.2) is 0 Å². The quantitative estimate of drug-likeness (QED) is 0.811. The highest BCUT2D eigenvalue weighted by Gasteiger charge is 2.24. The molecule has 0 bridgehead atoms. The maximum Gasteiger partial charge on any atom is 0.253 e. The molecule has 0 spiro atoms. The van der Waals surface area contributed by atoms with Gasteiger partial charge < -0.3 is 9.80 Å². The van der Waals surface area contributed by atoms with Crippen LogP contribution in [0.15, 0.2) is 54.6 Å². The molecule has 2 aromatic carbocycles. The number of carbonyl (C=O) groups is 2. The molecule has 1 heterocycles. The summed E-state index contributed by atoms with van der Waals surface area (Å²) in [6.07, 6.45) is 1.29. The van der Waals surface area contributed by atoms with Crippen LogP contribution in [0.25, 0.3) is 0 Å². The van der Waals surface area contributed by atoms with Gasteiger partial charge in [0.25, 0.3) is 5.91 Å². The van der Waals surface area contributed by atoms with Crippen LogP contribution in [0, 0.1) is 0 Å². The van der Waals surface area contributed by atoms with Gasteiger partial charge in [-0.3, -0.25) is 9.59 Å². The smallest absolute Gasteiger partial charge is 0.253 e. The van der Waals surface area contributed by atoms with Gasteiger partial charge in [-0.1, -0.05) is 56.3 Å². The van der Waals surface area contributed by atoms with Crippen molar-refractivity contribution in [1.82, 2.24) is 9.80 Å². The number of nitrogens with zero attached hydrogens (tertiary/aromatic N) is 2. The van der Waals surface area contributed by atoms with Crippen molar-refractivity contribution in [1.29, 1.82) is 0 Å². The first-order valence-electron chi connectivity index (χ1n) is 9.75. The number of piperazine rings is 1. The molecule has 0 unspecified atom stereocenters. The molecule has 0 aromatic heterocycles. The molecule has 1 aliphatic rings. The summed E-state index contributed by atoms with van der Waals surface area (Å²) < 4.78 is 0. The zero-order valence-corrected chi connectivity index (χ0v) is 16.2. The molecule has 4 nitrogen and oxygen atoms in total. The molecule has 2 amide bonds. The Bertz CT molecular complexity index is 761. The van der Waals surface area contributed by atoms with E-state index in [2.05, 4.69) is 26.0 Å². The standard InChI is InChI=1S/C23H28N2O2/c1-18(2)20-9-11-21(12-10-20)23(27)25-16-14-24(15-17-25)22(26)13-8-19-6-4-3-5-7-19/h3-7,9-12,18H,8,13-17H2,1-2H3. The van der Waals surface area contributed by atoms with Crippen LogP contribution >= 0.6 is 0 Å². The minimum atomic E-state index is 0.0571. The van der Waals surface area contributed by atoms with Crippen LogP contribution in [-0.4, -0.2) is 47.8 Å². The zero-order chi connectivity index (χ0) is 19.2. The van der Waals surface area contributed by atoms with Crippen LogP contribution in [0.1, 0.15) is 47.7 Å². The van der Waals surface area contributed by atoms with Crippen molar-refractivity contribution in [3.63, 3.8) is 0 Å². The van der Waals surface area contributed by atoms with Gasteiger partial charge in [-0.25, -0.2) is 0 Å². The van der Waals surface area contributed by atoms with Crippen LogP contribution in [0.5, 0.6) is 0 Å². The SMILES string of the molecule is CC(C)c1ccc(C(=O)N2CCN(C(=O)CCc3ccccc3)CC2)cc1. The predicted octanol–water partition coefficient (Wildman–Crippen LogP) is 3.73. The highest BCUT2D eigenvalue weighted by atomic mass is 16.2. The lowest BCUT2D eigenvalue weighted by molar-refractivity contribution is -0.132. The predicted molar refractivity (Wildman–Crippen MR) is 108 cm³/mol. The monoisotopic (exact) mass is 364 g/mol. The van der Waals surface area contributed by atoms with Crippen LogP contribution in [0.3, 0.4) is 0 Å². The van der Waals surface area contributed by atoms with Gasteiger partial charge >= 0.3 is 0 Å². The summed E-state index contributed by atoms with van der Waals surface area (Å²) in [7, 11) is 0. The Morgan fingerprint density at radius 1 is 0.852 bits per heavy atom. The lowest BCUT2D eigenvalue weighted by atomic mass is 10.0. The fourth-order valence-electron chi connectivity index (χ4n) is 3.41. The largest absolute Gasteiger partial charge is 0.339 e. The normalized spacial score (nSPS) is 14.5. The van der Waals surface area contributed by atoms with E-state index in [1.165, 1.54) is 11.1 Å². The Kier molecular flexibility index (Phi) is 6.28. The molecule has 0 N–H and O–H groups in total. The molecule has 0 atom stereocenters. The fourth-order valence-corrected chi connectivity index (χ4v) is 3.41. The summed E-state index contributed by atoms with van der Waals surface area (Å²) in [5.74, 6) is 0.688. The minimum absolute atomic E-state index is 0.0571. The third-order valence-corrected chi connectivity index (χ3v) is 5.21. The average Bonchev–Trinajstić information content (AvgIpc) is 2.72. The van der Waals surface area contributed by atoms with Gasteiger partial charge in [0.05, 0.1) is 0 Å². The Morgan fingerprint density at radius 2 is 1.44 bits per heavy atom. The molecule has 1 fully saturated rings. The van der Waals surface area contributed by atoms with Crippen molar-refractivity contribution in [3.8, 4) is 0 Å². The van der Waals surface area contributed by atoms with E-state index in [9.17, 15) is 9.59 Å². The number of aryl methyl sites for hydroxylation is 1. The van der Waals surface area contributed by atoms with Gasteiger partial charge in [0, 0.05) is 38.2 Å². The Labute approximate surface area is 161 Å². The lowest BCUT2D eigenvalue weighted by Crippen LogP contribution is -2.50. The summed E-state index contributed by atoms with van der Waals surface area (Å²) in [6, 6.07) is 18.0. The molecule has 3 rings (SSSR count). The first-order valence-corrected chi connectivity index (χ1v) is 9.75. The Hall–Kier alpha value is -2.62. The molecule has 1 aliphatic heterocycles. The van der Waals surface area contributed by atoms with Gasteiger partial charge in [0.1, 0.15) is 0 Å². The summed E-state index contributed by atoms with van der Waals surface area (Å²) >= 11 is 0. The van der Waals surface area contributed by atoms with E-state index in [-0.39, 0.29) is 11.8 Å². The third kappa shape index (κ3) is 4.97. The summed E-state index contributed by atoms with van der Waals surface area (Å²) in [6.45, 7) is 6.71. The number of hydrogen-bond donors (Lipinski definition) is 0. The molecule has 0 aliphatic carbocycles. The zero-order valence-electron chi connectivity index (χ0n) is 16.2. The van der Waals surface area contributed by atoms with E-state index in [1.807, 2.05) is 52.3 Å². The topological polar surface area (TPSA) is 40.6 Å². The summed E-state index contributed by atoms with van der Waals surface area (Å²) in [5.41, 5.74) is 3.15. The Morgan fingerprint density at radius 3 is 2.04 bits per heavy atom.